The SMILES string of the molecule is CCOC(=O)c1c(NC(=O)CSc2nnc(-c3cccs3)n2N)sc2c1CCC(C)C2. The molecule has 31 heavy (non-hydrogen) atoms. The van der Waals surface area contributed by atoms with Crippen LogP contribution in [0.1, 0.15) is 41.1 Å². The molecule has 0 saturated carbocycles. The van der Waals surface area contributed by atoms with E-state index >= 15 is 0 Å². The van der Waals surface area contributed by atoms with Crippen molar-refractivity contribution in [1.82, 2.24) is 14.9 Å². The lowest BCUT2D eigenvalue weighted by Gasteiger charge is -2.18. The average Bonchev–Trinajstić information content (AvgIpc) is 3.45. The number of hydrogen-bond donors (Lipinski definition) is 2. The van der Waals surface area contributed by atoms with E-state index in [1.54, 1.807) is 6.92 Å². The molecule has 0 bridgehead atoms. The highest BCUT2D eigenvalue weighted by Gasteiger charge is 2.29. The molecule has 1 aliphatic rings. The summed E-state index contributed by atoms with van der Waals surface area (Å²) in [5, 5.41) is 14.1. The third-order valence-electron chi connectivity index (χ3n) is 4.98. The van der Waals surface area contributed by atoms with Gasteiger partial charge in [-0.1, -0.05) is 24.8 Å². The molecule has 0 fully saturated rings. The molecule has 1 amide bonds. The number of anilines is 1. The summed E-state index contributed by atoms with van der Waals surface area (Å²) < 4.78 is 6.65. The minimum Gasteiger partial charge on any atom is -0.462 e. The minimum atomic E-state index is -0.375. The number of amides is 1. The van der Waals surface area contributed by atoms with Crippen molar-refractivity contribution in [2.45, 2.75) is 38.3 Å². The highest BCUT2D eigenvalue weighted by atomic mass is 32.2. The van der Waals surface area contributed by atoms with Gasteiger partial charge in [0.05, 0.1) is 22.8 Å². The van der Waals surface area contributed by atoms with Crippen molar-refractivity contribution in [2.24, 2.45) is 5.92 Å². The fourth-order valence-corrected chi connectivity index (χ4v) is 6.28. The second-order valence-electron chi connectivity index (χ2n) is 7.27. The Labute approximate surface area is 192 Å². The summed E-state index contributed by atoms with van der Waals surface area (Å²) >= 11 is 4.19. The van der Waals surface area contributed by atoms with Crippen molar-refractivity contribution in [2.75, 3.05) is 23.5 Å². The van der Waals surface area contributed by atoms with Gasteiger partial charge in [0.1, 0.15) is 5.00 Å². The summed E-state index contributed by atoms with van der Waals surface area (Å²) in [5.74, 6) is 6.71. The summed E-state index contributed by atoms with van der Waals surface area (Å²) in [6, 6.07) is 3.83. The largest absolute Gasteiger partial charge is 0.462 e. The molecule has 0 aliphatic heterocycles. The van der Waals surface area contributed by atoms with Crippen LogP contribution in [0.5, 0.6) is 0 Å². The number of nitrogens with zero attached hydrogens (tertiary/aromatic N) is 3. The Hall–Kier alpha value is -2.37. The first-order valence-electron chi connectivity index (χ1n) is 9.96. The number of thioether (sulfide) groups is 1. The third-order valence-corrected chi connectivity index (χ3v) is 7.96. The van der Waals surface area contributed by atoms with E-state index in [-0.39, 0.29) is 17.6 Å². The quantitative estimate of drug-likeness (QED) is 0.302. The lowest BCUT2D eigenvalue weighted by atomic mass is 9.88. The molecule has 164 valence electrons. The number of nitrogens with one attached hydrogen (secondary N) is 1. The van der Waals surface area contributed by atoms with Crippen LogP contribution in [0.15, 0.2) is 22.7 Å². The van der Waals surface area contributed by atoms with Crippen molar-refractivity contribution in [3.05, 3.63) is 33.5 Å². The van der Waals surface area contributed by atoms with Gasteiger partial charge in [0.15, 0.2) is 5.82 Å². The number of nitrogen functional groups attached to an aromatic ring is 1. The van der Waals surface area contributed by atoms with Crippen LogP contribution in [0.25, 0.3) is 10.7 Å². The molecule has 8 nitrogen and oxygen atoms in total. The first-order chi connectivity index (χ1) is 15.0. The maximum Gasteiger partial charge on any atom is 0.341 e. The second-order valence-corrected chi connectivity index (χ2v) is 10.3. The van der Waals surface area contributed by atoms with Gasteiger partial charge in [-0.05, 0) is 49.1 Å². The Kier molecular flexibility index (Phi) is 6.63. The van der Waals surface area contributed by atoms with Crippen molar-refractivity contribution in [1.29, 1.82) is 0 Å². The second kappa shape index (κ2) is 9.41. The number of carbonyl (C=O) groups is 2. The summed E-state index contributed by atoms with van der Waals surface area (Å²) in [6.45, 7) is 4.28. The summed E-state index contributed by atoms with van der Waals surface area (Å²) in [5.41, 5.74) is 1.53. The number of fused-ring (bicyclic) bond motifs is 1. The molecule has 1 atom stereocenters. The van der Waals surface area contributed by atoms with E-state index < -0.39 is 0 Å². The number of hydrogen-bond acceptors (Lipinski definition) is 9. The Morgan fingerprint density at radius 3 is 3.00 bits per heavy atom. The van der Waals surface area contributed by atoms with Crippen molar-refractivity contribution < 1.29 is 14.3 Å². The van der Waals surface area contributed by atoms with Crippen LogP contribution in [-0.2, 0) is 22.4 Å². The highest BCUT2D eigenvalue weighted by molar-refractivity contribution is 7.99. The van der Waals surface area contributed by atoms with Crippen LogP contribution < -0.4 is 11.2 Å². The molecule has 1 unspecified atom stereocenters. The Morgan fingerprint density at radius 1 is 1.42 bits per heavy atom. The Morgan fingerprint density at radius 2 is 2.26 bits per heavy atom. The molecule has 3 aromatic rings. The molecule has 0 radical (unpaired) electrons. The van der Waals surface area contributed by atoms with Gasteiger partial charge >= 0.3 is 5.97 Å². The fraction of sp³-hybridized carbons (Fsp3) is 0.400. The van der Waals surface area contributed by atoms with Crippen molar-refractivity contribution >= 4 is 51.3 Å². The maximum atomic E-state index is 12.7. The number of thiophene rings is 2. The summed E-state index contributed by atoms with van der Waals surface area (Å²) in [4.78, 5) is 27.3. The molecule has 4 rings (SSSR count). The number of esters is 1. The molecule has 3 aromatic heterocycles. The molecule has 3 N–H and O–H groups in total. The van der Waals surface area contributed by atoms with Gasteiger partial charge in [0.2, 0.25) is 11.1 Å². The summed E-state index contributed by atoms with van der Waals surface area (Å²) in [6.07, 6.45) is 2.77. The van der Waals surface area contributed by atoms with Gasteiger partial charge in [0.25, 0.3) is 0 Å². The molecule has 3 heterocycles. The first kappa shape index (κ1) is 21.8. The predicted octanol–water partition coefficient (Wildman–Crippen LogP) is 3.81. The molecular formula is C20H23N5O3S3. The van der Waals surface area contributed by atoms with E-state index in [0.717, 1.165) is 34.6 Å². The molecular weight excluding hydrogens is 454 g/mol. The van der Waals surface area contributed by atoms with Crippen LogP contribution in [0, 0.1) is 5.92 Å². The summed E-state index contributed by atoms with van der Waals surface area (Å²) in [7, 11) is 0. The van der Waals surface area contributed by atoms with Crippen LogP contribution in [0.3, 0.4) is 0 Å². The number of nitrogens with two attached hydrogens (primary N) is 1. The van der Waals surface area contributed by atoms with E-state index in [2.05, 4.69) is 22.4 Å². The van der Waals surface area contributed by atoms with Crippen LogP contribution in [0.4, 0.5) is 5.00 Å². The van der Waals surface area contributed by atoms with Gasteiger partial charge < -0.3 is 15.9 Å². The Balaban J connectivity index is 1.47. The van der Waals surface area contributed by atoms with E-state index in [9.17, 15) is 9.59 Å². The topological polar surface area (TPSA) is 112 Å². The first-order valence-corrected chi connectivity index (χ1v) is 12.6. The van der Waals surface area contributed by atoms with Gasteiger partial charge in [-0.25, -0.2) is 9.47 Å². The van der Waals surface area contributed by atoms with Gasteiger partial charge in [0, 0.05) is 4.88 Å². The highest BCUT2D eigenvalue weighted by Crippen LogP contribution is 2.40. The fourth-order valence-electron chi connectivity index (χ4n) is 3.50. The lowest BCUT2D eigenvalue weighted by molar-refractivity contribution is -0.113. The zero-order chi connectivity index (χ0) is 22.0. The number of rotatable bonds is 7. The van der Waals surface area contributed by atoms with Gasteiger partial charge in [-0.3, -0.25) is 4.79 Å². The van der Waals surface area contributed by atoms with Gasteiger partial charge in [-0.15, -0.1) is 32.9 Å². The molecule has 11 heteroatoms. The smallest absolute Gasteiger partial charge is 0.341 e. The zero-order valence-electron chi connectivity index (χ0n) is 17.2. The third kappa shape index (κ3) is 4.63. The minimum absolute atomic E-state index is 0.0982. The van der Waals surface area contributed by atoms with Crippen LogP contribution >= 0.6 is 34.4 Å². The molecule has 1 aliphatic carbocycles. The van der Waals surface area contributed by atoms with Crippen LogP contribution in [0.2, 0.25) is 0 Å². The van der Waals surface area contributed by atoms with Crippen LogP contribution in [-0.4, -0.2) is 39.1 Å². The zero-order valence-corrected chi connectivity index (χ0v) is 19.7. The van der Waals surface area contributed by atoms with Gasteiger partial charge in [-0.2, -0.15) is 0 Å². The Bertz CT molecular complexity index is 1090. The molecule has 0 aromatic carbocycles. The van der Waals surface area contributed by atoms with Crippen molar-refractivity contribution in [3.8, 4) is 10.7 Å². The van der Waals surface area contributed by atoms with E-state index in [4.69, 9.17) is 10.6 Å². The number of ether oxygens (including phenoxy) is 1. The van der Waals surface area contributed by atoms with E-state index in [0.29, 0.717) is 34.1 Å². The average molecular weight is 478 g/mol. The monoisotopic (exact) mass is 477 g/mol. The standard InChI is InChI=1S/C20H23N5O3S3/c1-3-28-19(27)16-12-7-6-11(2)9-14(12)31-18(16)22-15(26)10-30-20-24-23-17(25(20)21)13-5-4-8-29-13/h4-5,8,11H,3,6-7,9-10,21H2,1-2H3,(H,22,26). The number of carbonyl (C=O) groups excluding carboxylic acids is 2. The van der Waals surface area contributed by atoms with E-state index in [1.165, 1.54) is 39.1 Å². The predicted molar refractivity (Wildman–Crippen MR) is 124 cm³/mol. The lowest BCUT2D eigenvalue weighted by Crippen LogP contribution is -2.18. The molecule has 0 saturated heterocycles. The molecule has 0 spiro atoms. The number of aromatic nitrogens is 3. The van der Waals surface area contributed by atoms with E-state index in [1.807, 2.05) is 17.5 Å². The maximum absolute atomic E-state index is 12.7. The van der Waals surface area contributed by atoms with Crippen molar-refractivity contribution in [3.63, 3.8) is 0 Å². The normalized spacial score (nSPS) is 15.5.